The van der Waals surface area contributed by atoms with Gasteiger partial charge >= 0.3 is 0 Å². The number of aromatic nitrogens is 1. The predicted octanol–water partition coefficient (Wildman–Crippen LogP) is 1.54. The van der Waals surface area contributed by atoms with Crippen molar-refractivity contribution in [3.8, 4) is 0 Å². The molecule has 3 rings (SSSR count). The average molecular weight is 260 g/mol. The largest absolute Gasteiger partial charge is 0.359 e. The summed E-state index contributed by atoms with van der Waals surface area (Å²) in [5.74, 6) is -0.259. The lowest BCUT2D eigenvalue weighted by molar-refractivity contribution is -0.119. The van der Waals surface area contributed by atoms with E-state index in [2.05, 4.69) is 5.16 Å². The normalized spacial score (nSPS) is 29.6. The van der Waals surface area contributed by atoms with Crippen molar-refractivity contribution in [2.24, 2.45) is 11.8 Å². The van der Waals surface area contributed by atoms with Gasteiger partial charge in [0.15, 0.2) is 17.3 Å². The number of rotatable bonds is 1. The molecular formula is C14H16N2O3. The molecule has 5 nitrogen and oxygen atoms in total. The molecule has 3 unspecified atom stereocenters. The Bertz CT molecular complexity index is 586. The first kappa shape index (κ1) is 12.3. The highest BCUT2D eigenvalue weighted by Crippen LogP contribution is 2.45. The molecule has 1 aromatic rings. The first-order valence-electron chi connectivity index (χ1n) is 6.39. The van der Waals surface area contributed by atoms with Crippen LogP contribution in [-0.4, -0.2) is 35.7 Å². The Kier molecular flexibility index (Phi) is 2.67. The van der Waals surface area contributed by atoms with Gasteiger partial charge in [0.05, 0.1) is 23.2 Å². The van der Waals surface area contributed by atoms with Gasteiger partial charge in [0, 0.05) is 5.92 Å². The van der Waals surface area contributed by atoms with Crippen LogP contribution in [0.4, 0.5) is 0 Å². The van der Waals surface area contributed by atoms with Crippen LogP contribution in [0.2, 0.25) is 0 Å². The Morgan fingerprint density at radius 3 is 2.79 bits per heavy atom. The molecular weight excluding hydrogens is 244 g/mol. The predicted molar refractivity (Wildman–Crippen MR) is 67.7 cm³/mol. The van der Waals surface area contributed by atoms with Crippen LogP contribution in [0.5, 0.6) is 0 Å². The molecule has 0 saturated heterocycles. The maximum Gasteiger partial charge on any atom is 0.179 e. The molecule has 1 heterocycles. The van der Waals surface area contributed by atoms with Gasteiger partial charge in [-0.1, -0.05) is 11.2 Å². The highest BCUT2D eigenvalue weighted by atomic mass is 16.5. The molecule has 0 N–H and O–H groups in total. The summed E-state index contributed by atoms with van der Waals surface area (Å²) >= 11 is 0. The zero-order chi connectivity index (χ0) is 13.7. The van der Waals surface area contributed by atoms with Gasteiger partial charge in [-0.05, 0) is 33.5 Å². The van der Waals surface area contributed by atoms with Crippen LogP contribution in [0.25, 0.3) is 0 Å². The molecule has 0 radical (unpaired) electrons. The van der Waals surface area contributed by atoms with Gasteiger partial charge in [0.25, 0.3) is 0 Å². The van der Waals surface area contributed by atoms with E-state index in [9.17, 15) is 9.59 Å². The lowest BCUT2D eigenvalue weighted by atomic mass is 9.68. The van der Waals surface area contributed by atoms with Crippen molar-refractivity contribution < 1.29 is 14.1 Å². The molecule has 2 aliphatic rings. The number of aryl methyl sites for hydroxylation is 1. The molecule has 0 aliphatic heterocycles. The molecule has 0 bridgehead atoms. The summed E-state index contributed by atoms with van der Waals surface area (Å²) < 4.78 is 5.37. The van der Waals surface area contributed by atoms with Crippen LogP contribution in [0.3, 0.4) is 0 Å². The Labute approximate surface area is 111 Å². The molecule has 0 aromatic carbocycles. The monoisotopic (exact) mass is 260 g/mol. The van der Waals surface area contributed by atoms with Gasteiger partial charge < -0.3 is 4.52 Å². The second-order valence-corrected chi connectivity index (χ2v) is 5.46. The maximum absolute atomic E-state index is 12.5. The zero-order valence-corrected chi connectivity index (χ0v) is 11.2. The lowest BCUT2D eigenvalue weighted by Crippen LogP contribution is -2.44. The highest BCUT2D eigenvalue weighted by molar-refractivity contribution is 6.16. The van der Waals surface area contributed by atoms with E-state index in [0.717, 1.165) is 0 Å². The van der Waals surface area contributed by atoms with E-state index in [4.69, 9.17) is 4.52 Å². The Morgan fingerprint density at radius 2 is 2.11 bits per heavy atom. The number of nitrogens with zero attached hydrogens (tertiary/aromatic N) is 2. The van der Waals surface area contributed by atoms with Crippen molar-refractivity contribution in [1.29, 1.82) is 0 Å². The number of carbonyl (C=O) groups excluding carboxylic acids is 2. The first-order valence-corrected chi connectivity index (χ1v) is 6.39. The number of fused-ring (bicyclic) bond motifs is 2. The summed E-state index contributed by atoms with van der Waals surface area (Å²) in [7, 11) is 3.86. The highest BCUT2D eigenvalue weighted by Gasteiger charge is 2.49. The molecule has 0 spiro atoms. The minimum atomic E-state index is -0.581. The van der Waals surface area contributed by atoms with Gasteiger partial charge in [-0.15, -0.1) is 0 Å². The van der Waals surface area contributed by atoms with Crippen molar-refractivity contribution in [2.75, 3.05) is 14.1 Å². The molecule has 2 aliphatic carbocycles. The SMILES string of the molecule is Cc1noc2c1C(=O)C1C(=O)C=CCC1C2N(C)C. The fraction of sp³-hybridized carbons (Fsp3) is 0.500. The minimum Gasteiger partial charge on any atom is -0.359 e. The maximum atomic E-state index is 12.5. The fourth-order valence-electron chi connectivity index (χ4n) is 3.28. The first-order chi connectivity index (χ1) is 9.02. The topological polar surface area (TPSA) is 63.4 Å². The van der Waals surface area contributed by atoms with Crippen LogP contribution in [0.15, 0.2) is 16.7 Å². The summed E-state index contributed by atoms with van der Waals surface area (Å²) in [6, 6.07) is -0.0761. The average Bonchev–Trinajstić information content (AvgIpc) is 2.71. The van der Waals surface area contributed by atoms with Crippen LogP contribution in [-0.2, 0) is 4.79 Å². The van der Waals surface area contributed by atoms with E-state index in [1.54, 1.807) is 6.92 Å². The van der Waals surface area contributed by atoms with Gasteiger partial charge in [-0.2, -0.15) is 0 Å². The van der Waals surface area contributed by atoms with Gasteiger partial charge in [0.2, 0.25) is 0 Å². The van der Waals surface area contributed by atoms with Crippen molar-refractivity contribution in [1.82, 2.24) is 10.1 Å². The smallest absolute Gasteiger partial charge is 0.179 e. The molecule has 3 atom stereocenters. The van der Waals surface area contributed by atoms with Gasteiger partial charge in [0.1, 0.15) is 0 Å². The van der Waals surface area contributed by atoms with Crippen LogP contribution in [0.1, 0.15) is 34.3 Å². The Hall–Kier alpha value is -1.75. The number of hydrogen-bond acceptors (Lipinski definition) is 5. The number of carbonyl (C=O) groups is 2. The van der Waals surface area contributed by atoms with Crippen molar-refractivity contribution in [3.05, 3.63) is 29.2 Å². The van der Waals surface area contributed by atoms with Crippen LogP contribution < -0.4 is 0 Å². The molecule has 0 saturated carbocycles. The van der Waals surface area contributed by atoms with Crippen LogP contribution in [0, 0.1) is 18.8 Å². The third-order valence-electron chi connectivity index (χ3n) is 4.07. The quantitative estimate of drug-likeness (QED) is 0.717. The number of ketones is 2. The Morgan fingerprint density at radius 1 is 1.37 bits per heavy atom. The third-order valence-corrected chi connectivity index (χ3v) is 4.07. The van der Waals surface area contributed by atoms with Crippen molar-refractivity contribution >= 4 is 11.6 Å². The van der Waals surface area contributed by atoms with E-state index in [1.165, 1.54) is 6.08 Å². The Balaban J connectivity index is 2.20. The standard InChI is InChI=1S/C14H16N2O3/c1-7-10-13(18)11-8(5-4-6-9(11)17)12(16(2)3)14(10)19-15-7/h4,6,8,11-12H,5H2,1-3H3. The number of allylic oxidation sites excluding steroid dienone is 2. The molecule has 1 aromatic heterocycles. The molecule has 100 valence electrons. The van der Waals surface area contributed by atoms with E-state index in [0.29, 0.717) is 23.4 Å². The van der Waals surface area contributed by atoms with E-state index in [-0.39, 0.29) is 23.5 Å². The molecule has 5 heteroatoms. The summed E-state index contributed by atoms with van der Waals surface area (Å²) in [5.41, 5.74) is 1.08. The van der Waals surface area contributed by atoms with E-state index in [1.807, 2.05) is 25.1 Å². The van der Waals surface area contributed by atoms with Gasteiger partial charge in [-0.3, -0.25) is 14.5 Å². The summed E-state index contributed by atoms with van der Waals surface area (Å²) in [5, 5.41) is 3.91. The number of Topliss-reactive ketones (excluding diaryl/α,β-unsaturated/α-hetero) is 1. The lowest BCUT2D eigenvalue weighted by Gasteiger charge is -2.39. The molecule has 19 heavy (non-hydrogen) atoms. The fourth-order valence-corrected chi connectivity index (χ4v) is 3.28. The summed E-state index contributed by atoms with van der Waals surface area (Å²) in [6.07, 6.45) is 4.09. The van der Waals surface area contributed by atoms with Crippen molar-refractivity contribution in [2.45, 2.75) is 19.4 Å². The molecule has 0 amide bonds. The summed E-state index contributed by atoms with van der Waals surface area (Å²) in [4.78, 5) is 26.6. The molecule has 0 fully saturated rings. The second kappa shape index (κ2) is 4.13. The van der Waals surface area contributed by atoms with Crippen LogP contribution >= 0.6 is 0 Å². The number of hydrogen-bond donors (Lipinski definition) is 0. The van der Waals surface area contributed by atoms with Crippen molar-refractivity contribution in [3.63, 3.8) is 0 Å². The zero-order valence-electron chi connectivity index (χ0n) is 11.2. The van der Waals surface area contributed by atoms with Gasteiger partial charge in [-0.25, -0.2) is 0 Å². The van der Waals surface area contributed by atoms with E-state index < -0.39 is 5.92 Å². The second-order valence-electron chi connectivity index (χ2n) is 5.46. The van der Waals surface area contributed by atoms with E-state index >= 15 is 0 Å². The minimum absolute atomic E-state index is 0.0557. The summed E-state index contributed by atoms with van der Waals surface area (Å²) in [6.45, 7) is 1.75. The third kappa shape index (κ3) is 1.61.